The van der Waals surface area contributed by atoms with Crippen LogP contribution < -0.4 is 10.6 Å². The Bertz CT molecular complexity index is 677. The number of hydrogen-bond donors (Lipinski definition) is 2. The summed E-state index contributed by atoms with van der Waals surface area (Å²) in [5, 5.41) is 6.13. The van der Waals surface area contributed by atoms with E-state index in [4.69, 9.17) is 21.1 Å². The molecule has 0 aromatic heterocycles. The molecule has 0 bridgehead atoms. The fourth-order valence-corrected chi connectivity index (χ4v) is 3.23. The van der Waals surface area contributed by atoms with Gasteiger partial charge in [0.2, 0.25) is 0 Å². The second-order valence-electron chi connectivity index (χ2n) is 6.20. The highest BCUT2D eigenvalue weighted by Gasteiger charge is 2.26. The number of benzene rings is 1. The molecule has 27 heavy (non-hydrogen) atoms. The summed E-state index contributed by atoms with van der Waals surface area (Å²) in [5.74, 6) is -0.452. The highest BCUT2D eigenvalue weighted by Crippen LogP contribution is 2.25. The molecule has 1 fully saturated rings. The van der Waals surface area contributed by atoms with Crippen LogP contribution in [0, 0.1) is 0 Å². The normalized spacial score (nSPS) is 15.6. The zero-order chi connectivity index (χ0) is 19.8. The lowest BCUT2D eigenvalue weighted by Crippen LogP contribution is -2.49. The van der Waals surface area contributed by atoms with Gasteiger partial charge in [0.05, 0.1) is 26.7 Å². The number of nitrogens with zero attached hydrogens (tertiary/aromatic N) is 1. The summed E-state index contributed by atoms with van der Waals surface area (Å²) in [6, 6.07) is 5.93. The van der Waals surface area contributed by atoms with Gasteiger partial charge in [-0.3, -0.25) is 4.79 Å². The van der Waals surface area contributed by atoms with E-state index in [9.17, 15) is 14.4 Å². The highest BCUT2D eigenvalue weighted by atomic mass is 35.5. The van der Waals surface area contributed by atoms with E-state index >= 15 is 0 Å². The Morgan fingerprint density at radius 1 is 1.19 bits per heavy atom. The molecular formula is C18H24ClN3O5. The van der Waals surface area contributed by atoms with Gasteiger partial charge in [0.25, 0.3) is 0 Å². The molecule has 0 unspecified atom stereocenters. The SMILES string of the molecule is COC(=O)C[C@@H](NC(=O)NC1CCN(C(=O)OC)CC1)c1ccccc1Cl. The summed E-state index contributed by atoms with van der Waals surface area (Å²) in [5.41, 5.74) is 0.639. The van der Waals surface area contributed by atoms with Gasteiger partial charge in [-0.1, -0.05) is 29.8 Å². The third-order valence-corrected chi connectivity index (χ3v) is 4.79. The van der Waals surface area contributed by atoms with Crippen molar-refractivity contribution in [2.75, 3.05) is 27.3 Å². The van der Waals surface area contributed by atoms with E-state index in [0.717, 1.165) is 0 Å². The van der Waals surface area contributed by atoms with E-state index < -0.39 is 18.0 Å². The number of methoxy groups -OCH3 is 2. The first-order valence-corrected chi connectivity index (χ1v) is 9.03. The minimum atomic E-state index is -0.610. The fourth-order valence-electron chi connectivity index (χ4n) is 2.97. The number of piperidine rings is 1. The van der Waals surface area contributed by atoms with Crippen LogP contribution in [-0.4, -0.2) is 56.3 Å². The lowest BCUT2D eigenvalue weighted by atomic mass is 10.0. The minimum absolute atomic E-state index is 0.0333. The summed E-state index contributed by atoms with van der Waals surface area (Å²) in [7, 11) is 2.64. The van der Waals surface area contributed by atoms with Gasteiger partial charge in [0.15, 0.2) is 0 Å². The molecule has 1 saturated heterocycles. The third-order valence-electron chi connectivity index (χ3n) is 4.45. The molecule has 0 spiro atoms. The molecule has 0 radical (unpaired) electrons. The molecule has 148 valence electrons. The van der Waals surface area contributed by atoms with Crippen LogP contribution in [0.2, 0.25) is 5.02 Å². The van der Waals surface area contributed by atoms with E-state index in [1.165, 1.54) is 14.2 Å². The van der Waals surface area contributed by atoms with Crippen molar-refractivity contribution in [2.45, 2.75) is 31.3 Å². The number of carbonyl (C=O) groups is 3. The molecular weight excluding hydrogens is 374 g/mol. The van der Waals surface area contributed by atoms with E-state index in [-0.39, 0.29) is 18.6 Å². The van der Waals surface area contributed by atoms with Crippen LogP contribution in [-0.2, 0) is 14.3 Å². The molecule has 1 aliphatic heterocycles. The Kier molecular flexibility index (Phi) is 7.72. The minimum Gasteiger partial charge on any atom is -0.469 e. The van der Waals surface area contributed by atoms with Gasteiger partial charge in [-0.25, -0.2) is 9.59 Å². The lowest BCUT2D eigenvalue weighted by Gasteiger charge is -2.31. The van der Waals surface area contributed by atoms with Crippen LogP contribution in [0.25, 0.3) is 0 Å². The van der Waals surface area contributed by atoms with Crippen molar-refractivity contribution < 1.29 is 23.9 Å². The lowest BCUT2D eigenvalue weighted by molar-refractivity contribution is -0.141. The van der Waals surface area contributed by atoms with Gasteiger partial charge in [0, 0.05) is 24.2 Å². The molecule has 1 heterocycles. The highest BCUT2D eigenvalue weighted by molar-refractivity contribution is 6.31. The fraction of sp³-hybridized carbons (Fsp3) is 0.500. The third kappa shape index (κ3) is 6.02. The Labute approximate surface area is 163 Å². The number of halogens is 1. The molecule has 3 amide bonds. The molecule has 1 aromatic carbocycles. The molecule has 1 aromatic rings. The van der Waals surface area contributed by atoms with Crippen LogP contribution >= 0.6 is 11.6 Å². The first-order chi connectivity index (χ1) is 12.9. The molecule has 1 atom stereocenters. The van der Waals surface area contributed by atoms with E-state index in [1.807, 2.05) is 0 Å². The molecule has 8 nitrogen and oxygen atoms in total. The quantitative estimate of drug-likeness (QED) is 0.744. The van der Waals surface area contributed by atoms with E-state index in [2.05, 4.69) is 10.6 Å². The smallest absolute Gasteiger partial charge is 0.409 e. The van der Waals surface area contributed by atoms with Crippen LogP contribution in [0.4, 0.5) is 9.59 Å². The standard InChI is InChI=1S/C18H24ClN3O5/c1-26-16(23)11-15(13-5-3-4-6-14(13)19)21-17(24)20-12-7-9-22(10-8-12)18(25)27-2/h3-6,12,15H,7-11H2,1-2H3,(H2,20,21,24)/t15-/m1/s1. The summed E-state index contributed by atoms with van der Waals surface area (Å²) in [6.45, 7) is 1.02. The van der Waals surface area contributed by atoms with Gasteiger partial charge < -0.3 is 25.0 Å². The average Bonchev–Trinajstić information content (AvgIpc) is 2.67. The van der Waals surface area contributed by atoms with Crippen LogP contribution in [0.15, 0.2) is 24.3 Å². The largest absolute Gasteiger partial charge is 0.469 e. The van der Waals surface area contributed by atoms with Gasteiger partial charge in [-0.15, -0.1) is 0 Å². The van der Waals surface area contributed by atoms with Crippen LogP contribution in [0.1, 0.15) is 30.9 Å². The zero-order valence-electron chi connectivity index (χ0n) is 15.4. The number of esters is 1. The van der Waals surface area contributed by atoms with Gasteiger partial charge >= 0.3 is 18.1 Å². The average molecular weight is 398 g/mol. The topological polar surface area (TPSA) is 97.0 Å². The maximum absolute atomic E-state index is 12.4. The Morgan fingerprint density at radius 3 is 2.44 bits per heavy atom. The van der Waals surface area contributed by atoms with Crippen molar-refractivity contribution in [3.05, 3.63) is 34.9 Å². The summed E-state index contributed by atoms with van der Waals surface area (Å²) >= 11 is 6.21. The second kappa shape index (κ2) is 10.0. The monoisotopic (exact) mass is 397 g/mol. The summed E-state index contributed by atoms with van der Waals surface area (Å²) in [6.07, 6.45) is 0.843. The Morgan fingerprint density at radius 2 is 1.85 bits per heavy atom. The Hall–Kier alpha value is -2.48. The number of urea groups is 1. The molecule has 0 saturated carbocycles. The van der Waals surface area contributed by atoms with Crippen LogP contribution in [0.3, 0.4) is 0 Å². The first kappa shape index (κ1) is 20.8. The molecule has 2 rings (SSSR count). The summed E-state index contributed by atoms with van der Waals surface area (Å²) < 4.78 is 9.41. The molecule has 2 N–H and O–H groups in total. The molecule has 9 heteroatoms. The number of carbonyl (C=O) groups excluding carboxylic acids is 3. The predicted octanol–water partition coefficient (Wildman–Crippen LogP) is 2.47. The van der Waals surface area contributed by atoms with Crippen molar-refractivity contribution in [1.29, 1.82) is 0 Å². The van der Waals surface area contributed by atoms with Crippen molar-refractivity contribution in [3.8, 4) is 0 Å². The van der Waals surface area contributed by atoms with Crippen molar-refractivity contribution >= 4 is 29.7 Å². The van der Waals surface area contributed by atoms with Gasteiger partial charge in [-0.2, -0.15) is 0 Å². The number of rotatable bonds is 5. The van der Waals surface area contributed by atoms with Gasteiger partial charge in [0.1, 0.15) is 0 Å². The van der Waals surface area contributed by atoms with Crippen LogP contribution in [0.5, 0.6) is 0 Å². The molecule has 0 aliphatic carbocycles. The zero-order valence-corrected chi connectivity index (χ0v) is 16.1. The molecule has 1 aliphatic rings. The van der Waals surface area contributed by atoms with E-state index in [0.29, 0.717) is 36.5 Å². The first-order valence-electron chi connectivity index (χ1n) is 8.65. The Balaban J connectivity index is 1.95. The predicted molar refractivity (Wildman–Crippen MR) is 99.5 cm³/mol. The number of hydrogen-bond acceptors (Lipinski definition) is 5. The number of amides is 3. The number of nitrogens with one attached hydrogen (secondary N) is 2. The van der Waals surface area contributed by atoms with Crippen molar-refractivity contribution in [3.63, 3.8) is 0 Å². The summed E-state index contributed by atoms with van der Waals surface area (Å²) in [4.78, 5) is 37.3. The van der Waals surface area contributed by atoms with Gasteiger partial charge in [-0.05, 0) is 24.5 Å². The number of likely N-dealkylation sites (tertiary alicyclic amines) is 1. The van der Waals surface area contributed by atoms with Crippen molar-refractivity contribution in [1.82, 2.24) is 15.5 Å². The number of ether oxygens (including phenoxy) is 2. The maximum Gasteiger partial charge on any atom is 0.409 e. The van der Waals surface area contributed by atoms with E-state index in [1.54, 1.807) is 29.2 Å². The maximum atomic E-state index is 12.4. The van der Waals surface area contributed by atoms with Crippen molar-refractivity contribution in [2.24, 2.45) is 0 Å². The second-order valence-corrected chi connectivity index (χ2v) is 6.61.